The molecule has 1 aromatic rings. The van der Waals surface area contributed by atoms with Crippen molar-refractivity contribution in [3.8, 4) is 5.75 Å². The Morgan fingerprint density at radius 3 is 2.36 bits per heavy atom. The van der Waals surface area contributed by atoms with E-state index in [1.54, 1.807) is 12.1 Å². The molecule has 0 aliphatic heterocycles. The molecule has 1 atom stereocenters. The van der Waals surface area contributed by atoms with Crippen molar-refractivity contribution in [3.63, 3.8) is 0 Å². The van der Waals surface area contributed by atoms with Crippen LogP contribution in [0.3, 0.4) is 0 Å². The number of hydrogen-bond donors (Lipinski definition) is 2. The number of nitrogens with zero attached hydrogens (tertiary/aromatic N) is 1. The maximum Gasteiger partial charge on any atom is 0.191 e. The van der Waals surface area contributed by atoms with Gasteiger partial charge in [0.25, 0.3) is 0 Å². The SMILES string of the molecule is CCNC(=NCC(C)Oc1ccc(F)cc1)NC(C)(C)C.I. The summed E-state index contributed by atoms with van der Waals surface area (Å²) in [5, 5.41) is 6.52. The molecule has 1 rings (SSSR count). The third-order valence-corrected chi connectivity index (χ3v) is 2.50. The first kappa shape index (κ1) is 20.9. The van der Waals surface area contributed by atoms with E-state index < -0.39 is 0 Å². The number of nitrogens with one attached hydrogen (secondary N) is 2. The number of ether oxygens (including phenoxy) is 1. The number of halogens is 2. The molecule has 0 fully saturated rings. The van der Waals surface area contributed by atoms with Gasteiger partial charge < -0.3 is 15.4 Å². The molecule has 0 aliphatic rings. The summed E-state index contributed by atoms with van der Waals surface area (Å²) in [6.07, 6.45) is -0.0918. The molecular weight excluding hydrogens is 396 g/mol. The molecule has 2 N–H and O–H groups in total. The Morgan fingerprint density at radius 2 is 1.86 bits per heavy atom. The molecule has 126 valence electrons. The minimum atomic E-state index is -0.267. The lowest BCUT2D eigenvalue weighted by Gasteiger charge is -2.24. The van der Waals surface area contributed by atoms with E-state index in [0.29, 0.717) is 12.3 Å². The van der Waals surface area contributed by atoms with E-state index >= 15 is 0 Å². The van der Waals surface area contributed by atoms with Gasteiger partial charge >= 0.3 is 0 Å². The summed E-state index contributed by atoms with van der Waals surface area (Å²) in [6.45, 7) is 11.5. The smallest absolute Gasteiger partial charge is 0.191 e. The average Bonchev–Trinajstić information content (AvgIpc) is 2.37. The number of benzene rings is 1. The highest BCUT2D eigenvalue weighted by Gasteiger charge is 2.12. The van der Waals surface area contributed by atoms with E-state index in [0.717, 1.165) is 12.5 Å². The second-order valence-electron chi connectivity index (χ2n) is 5.98. The van der Waals surface area contributed by atoms with Crippen LogP contribution >= 0.6 is 24.0 Å². The molecule has 1 unspecified atom stereocenters. The Kier molecular flexibility index (Phi) is 9.39. The highest BCUT2D eigenvalue weighted by molar-refractivity contribution is 14.0. The molecule has 0 aromatic heterocycles. The van der Waals surface area contributed by atoms with Crippen LogP contribution in [0.1, 0.15) is 34.6 Å². The molecule has 6 heteroatoms. The van der Waals surface area contributed by atoms with Gasteiger partial charge in [0.2, 0.25) is 0 Å². The van der Waals surface area contributed by atoms with Crippen LogP contribution in [-0.4, -0.2) is 30.7 Å². The second-order valence-corrected chi connectivity index (χ2v) is 5.98. The van der Waals surface area contributed by atoms with Crippen molar-refractivity contribution in [2.45, 2.75) is 46.3 Å². The molecule has 0 saturated carbocycles. The largest absolute Gasteiger partial charge is 0.489 e. The van der Waals surface area contributed by atoms with Gasteiger partial charge in [-0.05, 0) is 58.9 Å². The van der Waals surface area contributed by atoms with Crippen molar-refractivity contribution in [2.75, 3.05) is 13.1 Å². The first-order chi connectivity index (χ1) is 9.80. The van der Waals surface area contributed by atoms with Gasteiger partial charge in [-0.25, -0.2) is 9.38 Å². The molecule has 0 heterocycles. The number of rotatable bonds is 5. The van der Waals surface area contributed by atoms with Crippen molar-refractivity contribution in [3.05, 3.63) is 30.1 Å². The lowest BCUT2D eigenvalue weighted by atomic mass is 10.1. The fourth-order valence-corrected chi connectivity index (χ4v) is 1.66. The van der Waals surface area contributed by atoms with Crippen molar-refractivity contribution >= 4 is 29.9 Å². The molecule has 0 spiro atoms. The molecule has 0 bridgehead atoms. The summed E-state index contributed by atoms with van der Waals surface area (Å²) in [4.78, 5) is 4.51. The van der Waals surface area contributed by atoms with Crippen LogP contribution in [0.25, 0.3) is 0 Å². The summed E-state index contributed by atoms with van der Waals surface area (Å²) in [5.41, 5.74) is -0.0535. The standard InChI is InChI=1S/C16H26FN3O.HI/c1-6-18-15(20-16(3,4)5)19-11-12(2)21-14-9-7-13(17)8-10-14;/h7-10,12H,6,11H2,1-5H3,(H2,18,19,20);1H. The zero-order valence-electron chi connectivity index (χ0n) is 13.9. The third-order valence-electron chi connectivity index (χ3n) is 2.50. The van der Waals surface area contributed by atoms with E-state index in [1.807, 2.05) is 13.8 Å². The highest BCUT2D eigenvalue weighted by Crippen LogP contribution is 2.13. The normalized spacial score (nSPS) is 13.1. The van der Waals surface area contributed by atoms with Gasteiger partial charge in [-0.1, -0.05) is 0 Å². The predicted octanol–water partition coefficient (Wildman–Crippen LogP) is 3.56. The zero-order valence-corrected chi connectivity index (χ0v) is 16.3. The fraction of sp³-hybridized carbons (Fsp3) is 0.562. The summed E-state index contributed by atoms with van der Waals surface area (Å²) >= 11 is 0. The van der Waals surface area contributed by atoms with Crippen molar-refractivity contribution in [1.29, 1.82) is 0 Å². The Balaban J connectivity index is 0.00000441. The minimum Gasteiger partial charge on any atom is -0.489 e. The van der Waals surface area contributed by atoms with E-state index in [4.69, 9.17) is 4.74 Å². The van der Waals surface area contributed by atoms with Crippen molar-refractivity contribution < 1.29 is 9.13 Å². The van der Waals surface area contributed by atoms with Gasteiger partial charge in [0, 0.05) is 12.1 Å². The Morgan fingerprint density at radius 1 is 1.27 bits per heavy atom. The van der Waals surface area contributed by atoms with Gasteiger partial charge in [-0.2, -0.15) is 0 Å². The van der Waals surface area contributed by atoms with E-state index in [-0.39, 0.29) is 41.4 Å². The van der Waals surface area contributed by atoms with Crippen molar-refractivity contribution in [1.82, 2.24) is 10.6 Å². The number of guanidine groups is 1. The topological polar surface area (TPSA) is 45.7 Å². The fourth-order valence-electron chi connectivity index (χ4n) is 1.66. The van der Waals surface area contributed by atoms with Crippen LogP contribution in [0.15, 0.2) is 29.3 Å². The monoisotopic (exact) mass is 423 g/mol. The molecule has 1 aromatic carbocycles. The summed E-state index contributed by atoms with van der Waals surface area (Å²) in [7, 11) is 0. The summed E-state index contributed by atoms with van der Waals surface area (Å²) < 4.78 is 18.5. The van der Waals surface area contributed by atoms with Crippen molar-refractivity contribution in [2.24, 2.45) is 4.99 Å². The maximum absolute atomic E-state index is 12.8. The lowest BCUT2D eigenvalue weighted by molar-refractivity contribution is 0.230. The Labute approximate surface area is 149 Å². The molecule has 0 amide bonds. The molecule has 22 heavy (non-hydrogen) atoms. The molecular formula is C16H27FIN3O. The second kappa shape index (κ2) is 9.86. The lowest BCUT2D eigenvalue weighted by Crippen LogP contribution is -2.47. The summed E-state index contributed by atoms with van der Waals surface area (Å²) in [5.74, 6) is 1.14. The van der Waals surface area contributed by atoms with Gasteiger partial charge in [-0.15, -0.1) is 24.0 Å². The molecule has 4 nitrogen and oxygen atoms in total. The predicted molar refractivity (Wildman–Crippen MR) is 101 cm³/mol. The van der Waals surface area contributed by atoms with Crippen LogP contribution in [-0.2, 0) is 0 Å². The first-order valence-corrected chi connectivity index (χ1v) is 7.29. The molecule has 0 radical (unpaired) electrons. The van der Waals surface area contributed by atoms with Crippen LogP contribution < -0.4 is 15.4 Å². The Bertz CT molecular complexity index is 457. The highest BCUT2D eigenvalue weighted by atomic mass is 127. The molecule has 0 aliphatic carbocycles. The Hall–Kier alpha value is -1.05. The quantitative estimate of drug-likeness (QED) is 0.433. The third kappa shape index (κ3) is 9.07. The number of aliphatic imine (C=N–C) groups is 1. The van der Waals surface area contributed by atoms with E-state index in [2.05, 4.69) is 36.4 Å². The number of hydrogen-bond acceptors (Lipinski definition) is 2. The van der Waals surface area contributed by atoms with Crippen LogP contribution in [0.5, 0.6) is 5.75 Å². The molecule has 0 saturated heterocycles. The first-order valence-electron chi connectivity index (χ1n) is 7.29. The van der Waals surface area contributed by atoms with Gasteiger partial charge in [0.1, 0.15) is 17.7 Å². The van der Waals surface area contributed by atoms with E-state index in [9.17, 15) is 4.39 Å². The van der Waals surface area contributed by atoms with Crippen LogP contribution in [0.2, 0.25) is 0 Å². The zero-order chi connectivity index (χ0) is 15.9. The van der Waals surface area contributed by atoms with Gasteiger partial charge in [-0.3, -0.25) is 0 Å². The van der Waals surface area contributed by atoms with Gasteiger partial charge in [0.15, 0.2) is 5.96 Å². The van der Waals surface area contributed by atoms with Crippen LogP contribution in [0, 0.1) is 5.82 Å². The summed E-state index contributed by atoms with van der Waals surface area (Å²) in [6, 6.07) is 6.01. The average molecular weight is 423 g/mol. The maximum atomic E-state index is 12.8. The minimum absolute atomic E-state index is 0. The van der Waals surface area contributed by atoms with Gasteiger partial charge in [0.05, 0.1) is 6.54 Å². The van der Waals surface area contributed by atoms with E-state index in [1.165, 1.54) is 12.1 Å². The van der Waals surface area contributed by atoms with Crippen LogP contribution in [0.4, 0.5) is 4.39 Å².